The van der Waals surface area contributed by atoms with E-state index < -0.39 is 21.4 Å². The highest BCUT2D eigenvalue weighted by Gasteiger charge is 2.32. The Morgan fingerprint density at radius 1 is 1.42 bits per heavy atom. The maximum absolute atomic E-state index is 12.3. The fourth-order valence-electron chi connectivity index (χ4n) is 1.01. The highest BCUT2D eigenvalue weighted by atomic mass is 32.2. The van der Waals surface area contributed by atoms with Crippen LogP contribution in [0.5, 0.6) is 0 Å². The lowest BCUT2D eigenvalue weighted by molar-refractivity contribution is 0.171. The fourth-order valence-corrected chi connectivity index (χ4v) is 1.94. The van der Waals surface area contributed by atoms with Gasteiger partial charge in [-0.2, -0.15) is 0 Å². The van der Waals surface area contributed by atoms with Crippen LogP contribution in [-0.4, -0.2) is 25.9 Å². The van der Waals surface area contributed by atoms with Crippen LogP contribution in [0.15, 0.2) is 0 Å². The molecule has 1 N–H and O–H groups in total. The molecule has 0 aliphatic heterocycles. The molecule has 0 heterocycles. The Kier molecular flexibility index (Phi) is 2.73. The molecule has 1 aliphatic rings. The summed E-state index contributed by atoms with van der Waals surface area (Å²) in [6.07, 6.45) is -0.164. The van der Waals surface area contributed by atoms with E-state index in [9.17, 15) is 12.8 Å². The lowest BCUT2D eigenvalue weighted by atomic mass is 9.92. The minimum Gasteiger partial charge on any atom is -0.247 e. The largest absolute Gasteiger partial charge is 0.247 e. The first-order valence-electron chi connectivity index (χ1n) is 4.07. The molecule has 0 aromatic carbocycles. The van der Waals surface area contributed by atoms with E-state index in [1.165, 1.54) is 0 Å². The second-order valence-electron chi connectivity index (χ2n) is 3.48. The molecule has 1 saturated carbocycles. The summed E-state index contributed by atoms with van der Waals surface area (Å²) in [5, 5.41) is -0.434. The van der Waals surface area contributed by atoms with Crippen molar-refractivity contribution < 1.29 is 12.8 Å². The first kappa shape index (κ1) is 9.92. The normalized spacial score (nSPS) is 30.3. The zero-order valence-corrected chi connectivity index (χ0v) is 8.07. The monoisotopic (exact) mass is 195 g/mol. The average molecular weight is 195 g/mol. The molecule has 1 fully saturated rings. The van der Waals surface area contributed by atoms with Gasteiger partial charge in [0.15, 0.2) is 0 Å². The smallest absolute Gasteiger partial charge is 0.214 e. The Labute approximate surface area is 72.4 Å². The Balaban J connectivity index is 2.42. The maximum Gasteiger partial charge on any atom is 0.214 e. The number of alkyl halides is 1. The van der Waals surface area contributed by atoms with E-state index in [1.54, 1.807) is 13.8 Å². The van der Waals surface area contributed by atoms with Gasteiger partial charge in [0.2, 0.25) is 10.0 Å². The lowest BCUT2D eigenvalue weighted by Gasteiger charge is -2.30. The van der Waals surface area contributed by atoms with Gasteiger partial charge in [-0.25, -0.2) is 17.5 Å². The molecule has 12 heavy (non-hydrogen) atoms. The van der Waals surface area contributed by atoms with Crippen molar-refractivity contribution in [3.05, 3.63) is 0 Å². The highest BCUT2D eigenvalue weighted by molar-refractivity contribution is 7.90. The van der Waals surface area contributed by atoms with Crippen molar-refractivity contribution in [2.45, 2.75) is 44.2 Å². The molecule has 1 aliphatic carbocycles. The second-order valence-corrected chi connectivity index (χ2v) is 5.75. The van der Waals surface area contributed by atoms with E-state index in [1.807, 2.05) is 0 Å². The summed E-state index contributed by atoms with van der Waals surface area (Å²) in [6, 6.07) is -0.174. The number of nitrogens with one attached hydrogen (secondary N) is 1. The molecule has 3 nitrogen and oxygen atoms in total. The van der Waals surface area contributed by atoms with Crippen LogP contribution in [0.25, 0.3) is 0 Å². The minimum absolute atomic E-state index is 0.174. The van der Waals surface area contributed by atoms with Crippen LogP contribution in [0.2, 0.25) is 0 Å². The summed E-state index contributed by atoms with van der Waals surface area (Å²) < 4.78 is 37.2. The van der Waals surface area contributed by atoms with Crippen molar-refractivity contribution in [1.82, 2.24) is 4.72 Å². The molecular weight excluding hydrogens is 181 g/mol. The van der Waals surface area contributed by atoms with Crippen LogP contribution in [0.1, 0.15) is 26.7 Å². The van der Waals surface area contributed by atoms with Gasteiger partial charge in [0.25, 0.3) is 0 Å². The molecule has 0 spiro atoms. The topological polar surface area (TPSA) is 46.2 Å². The van der Waals surface area contributed by atoms with Gasteiger partial charge in [-0.05, 0) is 26.7 Å². The Hall–Kier alpha value is -0.160. The van der Waals surface area contributed by atoms with Crippen LogP contribution < -0.4 is 4.72 Å². The number of halogens is 1. The number of hydrogen-bond donors (Lipinski definition) is 1. The molecule has 0 aromatic rings. The fraction of sp³-hybridized carbons (Fsp3) is 1.00. The van der Waals surface area contributed by atoms with Crippen molar-refractivity contribution in [2.24, 2.45) is 0 Å². The Morgan fingerprint density at radius 2 is 1.92 bits per heavy atom. The average Bonchev–Trinajstić information content (AvgIpc) is 1.83. The zero-order valence-electron chi connectivity index (χ0n) is 7.25. The summed E-state index contributed by atoms with van der Waals surface area (Å²) in [4.78, 5) is 0. The summed E-state index contributed by atoms with van der Waals surface area (Å²) in [7, 11) is -3.20. The summed E-state index contributed by atoms with van der Waals surface area (Å²) in [5.41, 5.74) is 0. The lowest BCUT2D eigenvalue weighted by Crippen LogP contribution is -2.47. The van der Waals surface area contributed by atoms with Crippen LogP contribution >= 0.6 is 0 Å². The molecule has 1 rings (SSSR count). The standard InChI is InChI=1S/C7H14FNO2S/c1-5(2)12(10,11)9-7-3-6(8)4-7/h5-7,9H,3-4H2,1-2H3. The third-order valence-corrected chi connectivity index (χ3v) is 3.94. The Morgan fingerprint density at radius 3 is 2.25 bits per heavy atom. The van der Waals surface area contributed by atoms with Crippen LogP contribution in [-0.2, 0) is 10.0 Å². The quantitative estimate of drug-likeness (QED) is 0.724. The maximum atomic E-state index is 12.3. The van der Waals surface area contributed by atoms with Crippen molar-refractivity contribution in [3.8, 4) is 0 Å². The molecule has 0 amide bonds. The SMILES string of the molecule is CC(C)S(=O)(=O)NC1CC(F)C1. The molecule has 72 valence electrons. The predicted molar refractivity (Wildman–Crippen MR) is 45.1 cm³/mol. The van der Waals surface area contributed by atoms with E-state index >= 15 is 0 Å². The first-order chi connectivity index (χ1) is 5.42. The molecule has 0 atom stereocenters. The summed E-state index contributed by atoms with van der Waals surface area (Å²) in [6.45, 7) is 3.21. The number of sulfonamides is 1. The van der Waals surface area contributed by atoms with E-state index in [0.29, 0.717) is 12.8 Å². The zero-order chi connectivity index (χ0) is 9.35. The van der Waals surface area contributed by atoms with Crippen LogP contribution in [0.4, 0.5) is 4.39 Å². The van der Waals surface area contributed by atoms with Gasteiger partial charge >= 0.3 is 0 Å². The van der Waals surface area contributed by atoms with E-state index in [-0.39, 0.29) is 6.04 Å². The molecule has 0 unspecified atom stereocenters. The van der Waals surface area contributed by atoms with Gasteiger partial charge < -0.3 is 0 Å². The molecule has 0 radical (unpaired) electrons. The molecule has 0 bridgehead atoms. The van der Waals surface area contributed by atoms with Gasteiger partial charge in [0.1, 0.15) is 6.17 Å². The highest BCUT2D eigenvalue weighted by Crippen LogP contribution is 2.23. The molecular formula is C7H14FNO2S. The van der Waals surface area contributed by atoms with Gasteiger partial charge in [-0.3, -0.25) is 0 Å². The van der Waals surface area contributed by atoms with E-state index in [0.717, 1.165) is 0 Å². The Bertz CT molecular complexity index is 244. The van der Waals surface area contributed by atoms with E-state index in [2.05, 4.69) is 4.72 Å². The predicted octanol–water partition coefficient (Wildman–Crippen LogP) is 0.815. The molecule has 0 saturated heterocycles. The molecule has 0 aromatic heterocycles. The van der Waals surface area contributed by atoms with Gasteiger partial charge in [0, 0.05) is 6.04 Å². The van der Waals surface area contributed by atoms with Gasteiger partial charge in [-0.1, -0.05) is 0 Å². The summed E-state index contributed by atoms with van der Waals surface area (Å²) >= 11 is 0. The van der Waals surface area contributed by atoms with Crippen LogP contribution in [0, 0.1) is 0 Å². The number of hydrogen-bond acceptors (Lipinski definition) is 2. The number of rotatable bonds is 3. The summed E-state index contributed by atoms with van der Waals surface area (Å²) in [5.74, 6) is 0. The van der Waals surface area contributed by atoms with Crippen molar-refractivity contribution in [1.29, 1.82) is 0 Å². The third kappa shape index (κ3) is 2.17. The van der Waals surface area contributed by atoms with Crippen LogP contribution in [0.3, 0.4) is 0 Å². The van der Waals surface area contributed by atoms with Crippen molar-refractivity contribution in [3.63, 3.8) is 0 Å². The molecule has 5 heteroatoms. The van der Waals surface area contributed by atoms with Gasteiger partial charge in [-0.15, -0.1) is 0 Å². The second kappa shape index (κ2) is 3.30. The van der Waals surface area contributed by atoms with Crippen molar-refractivity contribution in [2.75, 3.05) is 0 Å². The minimum atomic E-state index is -3.20. The first-order valence-corrected chi connectivity index (χ1v) is 5.61. The third-order valence-electron chi connectivity index (χ3n) is 2.03. The van der Waals surface area contributed by atoms with Crippen molar-refractivity contribution >= 4 is 10.0 Å². The van der Waals surface area contributed by atoms with E-state index in [4.69, 9.17) is 0 Å². The van der Waals surface area contributed by atoms with Gasteiger partial charge in [0.05, 0.1) is 5.25 Å².